The molecule has 22 heavy (non-hydrogen) atoms. The third kappa shape index (κ3) is 3.38. The predicted octanol–water partition coefficient (Wildman–Crippen LogP) is 3.91. The van der Waals surface area contributed by atoms with Crippen LogP contribution in [0.5, 0.6) is 0 Å². The van der Waals surface area contributed by atoms with Gasteiger partial charge in [0.1, 0.15) is 0 Å². The molecule has 0 aliphatic carbocycles. The molecule has 0 spiro atoms. The van der Waals surface area contributed by atoms with Crippen LogP contribution in [-0.4, -0.2) is 15.9 Å². The SMILES string of the molecule is CCc1ccc(C=CC(=O)Nc2ccc3nccnc3c2)s1. The fraction of sp³-hybridized carbons (Fsp3) is 0.118. The molecular weight excluding hydrogens is 294 g/mol. The van der Waals surface area contributed by atoms with Crippen molar-refractivity contribution in [3.05, 3.63) is 58.6 Å². The van der Waals surface area contributed by atoms with Crippen LogP contribution in [0.3, 0.4) is 0 Å². The van der Waals surface area contributed by atoms with Crippen LogP contribution in [0, 0.1) is 0 Å². The highest BCUT2D eigenvalue weighted by Gasteiger charge is 2.01. The normalized spacial score (nSPS) is 11.1. The zero-order valence-corrected chi connectivity index (χ0v) is 12.9. The largest absolute Gasteiger partial charge is 0.322 e. The van der Waals surface area contributed by atoms with Crippen LogP contribution >= 0.6 is 11.3 Å². The molecule has 0 saturated heterocycles. The Morgan fingerprint density at radius 3 is 2.77 bits per heavy atom. The molecule has 2 aromatic heterocycles. The summed E-state index contributed by atoms with van der Waals surface area (Å²) in [5.74, 6) is -0.158. The van der Waals surface area contributed by atoms with Crippen LogP contribution < -0.4 is 5.32 Å². The van der Waals surface area contributed by atoms with E-state index in [9.17, 15) is 4.79 Å². The van der Waals surface area contributed by atoms with Gasteiger partial charge in [-0.2, -0.15) is 0 Å². The second-order valence-corrected chi connectivity index (χ2v) is 5.94. The Kier molecular flexibility index (Phi) is 4.25. The number of amides is 1. The Morgan fingerprint density at radius 1 is 1.18 bits per heavy atom. The highest BCUT2D eigenvalue weighted by molar-refractivity contribution is 7.12. The molecule has 0 atom stereocenters. The molecule has 5 heteroatoms. The van der Waals surface area contributed by atoms with Crippen LogP contribution in [0.25, 0.3) is 17.1 Å². The highest BCUT2D eigenvalue weighted by Crippen LogP contribution is 2.18. The van der Waals surface area contributed by atoms with Crippen LogP contribution in [0.2, 0.25) is 0 Å². The molecule has 3 rings (SSSR count). The van der Waals surface area contributed by atoms with Gasteiger partial charge in [-0.3, -0.25) is 14.8 Å². The topological polar surface area (TPSA) is 54.9 Å². The Bertz CT molecular complexity index is 839. The maximum atomic E-state index is 12.0. The number of nitrogens with zero attached hydrogens (tertiary/aromatic N) is 2. The number of thiophene rings is 1. The Labute approximate surface area is 132 Å². The Hall–Kier alpha value is -2.53. The molecule has 1 N–H and O–H groups in total. The van der Waals surface area contributed by atoms with Crippen molar-refractivity contribution in [2.75, 3.05) is 5.32 Å². The monoisotopic (exact) mass is 309 g/mol. The number of aryl methyl sites for hydroxylation is 1. The van der Waals surface area contributed by atoms with Gasteiger partial charge >= 0.3 is 0 Å². The van der Waals surface area contributed by atoms with Gasteiger partial charge in [0.2, 0.25) is 5.91 Å². The molecule has 0 fully saturated rings. The van der Waals surface area contributed by atoms with Crippen LogP contribution in [0.4, 0.5) is 5.69 Å². The van der Waals surface area contributed by atoms with Gasteiger partial charge in [-0.05, 0) is 42.8 Å². The molecule has 2 heterocycles. The average Bonchev–Trinajstić information content (AvgIpc) is 3.01. The van der Waals surface area contributed by atoms with Crippen molar-refractivity contribution in [1.29, 1.82) is 0 Å². The number of nitrogens with one attached hydrogen (secondary N) is 1. The van der Waals surface area contributed by atoms with Crippen LogP contribution in [0.1, 0.15) is 16.7 Å². The number of benzene rings is 1. The molecule has 0 aliphatic heterocycles. The van der Waals surface area contributed by atoms with Crippen LogP contribution in [0.15, 0.2) is 48.8 Å². The van der Waals surface area contributed by atoms with E-state index in [2.05, 4.69) is 28.3 Å². The highest BCUT2D eigenvalue weighted by atomic mass is 32.1. The van der Waals surface area contributed by atoms with Gasteiger partial charge < -0.3 is 5.32 Å². The zero-order valence-electron chi connectivity index (χ0n) is 12.1. The molecule has 0 bridgehead atoms. The smallest absolute Gasteiger partial charge is 0.248 e. The van der Waals surface area contributed by atoms with E-state index in [0.717, 1.165) is 22.3 Å². The van der Waals surface area contributed by atoms with Gasteiger partial charge in [0.25, 0.3) is 0 Å². The number of anilines is 1. The van der Waals surface area contributed by atoms with E-state index in [-0.39, 0.29) is 5.91 Å². The lowest BCUT2D eigenvalue weighted by Gasteiger charge is -2.03. The first-order chi connectivity index (χ1) is 10.7. The van der Waals surface area contributed by atoms with Gasteiger partial charge in [0.15, 0.2) is 0 Å². The first-order valence-corrected chi connectivity index (χ1v) is 7.85. The van der Waals surface area contributed by atoms with Crippen molar-refractivity contribution in [2.45, 2.75) is 13.3 Å². The summed E-state index contributed by atoms with van der Waals surface area (Å²) < 4.78 is 0. The first-order valence-electron chi connectivity index (χ1n) is 7.03. The summed E-state index contributed by atoms with van der Waals surface area (Å²) in [5, 5.41) is 2.84. The average molecular weight is 309 g/mol. The predicted molar refractivity (Wildman–Crippen MR) is 90.9 cm³/mol. The quantitative estimate of drug-likeness (QED) is 0.744. The van der Waals surface area contributed by atoms with Crippen molar-refractivity contribution in [3.63, 3.8) is 0 Å². The second kappa shape index (κ2) is 6.49. The summed E-state index contributed by atoms with van der Waals surface area (Å²) in [6, 6.07) is 9.59. The van der Waals surface area contributed by atoms with Crippen molar-refractivity contribution in [2.24, 2.45) is 0 Å². The molecule has 0 unspecified atom stereocenters. The molecule has 3 aromatic rings. The summed E-state index contributed by atoms with van der Waals surface area (Å²) in [6.07, 6.45) is 7.68. The third-order valence-electron chi connectivity index (χ3n) is 3.17. The van der Waals surface area contributed by atoms with Crippen molar-refractivity contribution >= 4 is 40.0 Å². The lowest BCUT2D eigenvalue weighted by atomic mass is 10.2. The number of fused-ring (bicyclic) bond motifs is 1. The number of carbonyl (C=O) groups excluding carboxylic acids is 1. The van der Waals surface area contributed by atoms with Crippen molar-refractivity contribution in [1.82, 2.24) is 9.97 Å². The van der Waals surface area contributed by atoms with Gasteiger partial charge in [-0.1, -0.05) is 6.92 Å². The summed E-state index contributed by atoms with van der Waals surface area (Å²) in [4.78, 5) is 22.8. The maximum Gasteiger partial charge on any atom is 0.248 e. The standard InChI is InChI=1S/C17H15N3OS/c1-2-13-4-5-14(22-13)6-8-17(21)20-12-3-7-15-16(11-12)19-10-9-18-15/h3-11H,2H2,1H3,(H,20,21). The summed E-state index contributed by atoms with van der Waals surface area (Å²) in [5.41, 5.74) is 2.28. The van der Waals surface area contributed by atoms with E-state index >= 15 is 0 Å². The number of carbonyl (C=O) groups is 1. The Balaban J connectivity index is 1.69. The summed E-state index contributed by atoms with van der Waals surface area (Å²) >= 11 is 1.70. The lowest BCUT2D eigenvalue weighted by molar-refractivity contribution is -0.111. The number of aromatic nitrogens is 2. The fourth-order valence-electron chi connectivity index (χ4n) is 2.06. The van der Waals surface area contributed by atoms with E-state index in [1.807, 2.05) is 30.3 Å². The maximum absolute atomic E-state index is 12.0. The van der Waals surface area contributed by atoms with Crippen LogP contribution in [-0.2, 0) is 11.2 Å². The molecule has 0 aliphatic rings. The third-order valence-corrected chi connectivity index (χ3v) is 4.36. The number of hydrogen-bond acceptors (Lipinski definition) is 4. The number of hydrogen-bond donors (Lipinski definition) is 1. The van der Waals surface area contributed by atoms with E-state index in [4.69, 9.17) is 0 Å². The van der Waals surface area contributed by atoms with Gasteiger partial charge in [0, 0.05) is 33.9 Å². The lowest BCUT2D eigenvalue weighted by Crippen LogP contribution is -2.07. The second-order valence-electron chi connectivity index (χ2n) is 4.74. The molecule has 4 nitrogen and oxygen atoms in total. The zero-order chi connectivity index (χ0) is 15.4. The number of rotatable bonds is 4. The Morgan fingerprint density at radius 2 is 2.00 bits per heavy atom. The van der Waals surface area contributed by atoms with Gasteiger partial charge in [0.05, 0.1) is 11.0 Å². The van der Waals surface area contributed by atoms with Gasteiger partial charge in [-0.25, -0.2) is 0 Å². The van der Waals surface area contributed by atoms with E-state index < -0.39 is 0 Å². The van der Waals surface area contributed by atoms with Gasteiger partial charge in [-0.15, -0.1) is 11.3 Å². The van der Waals surface area contributed by atoms with E-state index in [1.54, 1.807) is 29.8 Å². The molecule has 0 radical (unpaired) electrons. The van der Waals surface area contributed by atoms with Crippen molar-refractivity contribution < 1.29 is 4.79 Å². The molecule has 1 aromatic carbocycles. The minimum atomic E-state index is -0.158. The molecule has 1 amide bonds. The minimum Gasteiger partial charge on any atom is -0.322 e. The molecule has 0 saturated carbocycles. The fourth-order valence-corrected chi connectivity index (χ4v) is 2.91. The molecule has 110 valence electrons. The summed E-state index contributed by atoms with van der Waals surface area (Å²) in [7, 11) is 0. The summed E-state index contributed by atoms with van der Waals surface area (Å²) in [6.45, 7) is 2.12. The first kappa shape index (κ1) is 14.4. The van der Waals surface area contributed by atoms with E-state index in [1.165, 1.54) is 4.88 Å². The van der Waals surface area contributed by atoms with E-state index in [0.29, 0.717) is 5.69 Å². The minimum absolute atomic E-state index is 0.158. The molecular formula is C17H15N3OS. The van der Waals surface area contributed by atoms with Crippen molar-refractivity contribution in [3.8, 4) is 0 Å².